The summed E-state index contributed by atoms with van der Waals surface area (Å²) in [5.41, 5.74) is 7.48. The predicted molar refractivity (Wildman–Crippen MR) is 202 cm³/mol. The fraction of sp³-hybridized carbons (Fsp3) is 0.590. The molecule has 0 spiro atoms. The van der Waals surface area contributed by atoms with Crippen molar-refractivity contribution >= 4 is 46.2 Å². The molecule has 2 saturated heterocycles. The van der Waals surface area contributed by atoms with E-state index in [0.29, 0.717) is 65.4 Å². The van der Waals surface area contributed by atoms with E-state index in [0.717, 1.165) is 91.4 Å². The van der Waals surface area contributed by atoms with Crippen LogP contribution in [0.4, 0.5) is 0 Å². The molecule has 4 N–H and O–H groups in total. The maximum absolute atomic E-state index is 13.8. The minimum Gasteiger partial charge on any atom is -0.356 e. The second-order valence-electron chi connectivity index (χ2n) is 15.2. The van der Waals surface area contributed by atoms with Gasteiger partial charge in [0.2, 0.25) is 11.8 Å². The Morgan fingerprint density at radius 1 is 0.463 bits per heavy atom. The van der Waals surface area contributed by atoms with Crippen LogP contribution in [-0.4, -0.2) is 176 Å². The second kappa shape index (κ2) is 17.0. The van der Waals surface area contributed by atoms with E-state index < -0.39 is 29.7 Å². The van der Waals surface area contributed by atoms with Gasteiger partial charge in [-0.25, -0.2) is 0 Å². The van der Waals surface area contributed by atoms with Crippen LogP contribution in [-0.2, 0) is 9.59 Å². The number of carbonyl (C=O) groups excluding carboxylic acids is 6. The highest BCUT2D eigenvalue weighted by Gasteiger charge is 2.39. The number of nitrogens with zero attached hydrogens (tertiary/aromatic N) is 6. The maximum Gasteiger partial charge on any atom is 0.261 e. The van der Waals surface area contributed by atoms with Gasteiger partial charge in [0.05, 0.1) is 6.04 Å². The first-order chi connectivity index (χ1) is 26.2. The van der Waals surface area contributed by atoms with Crippen molar-refractivity contribution < 1.29 is 28.8 Å². The van der Waals surface area contributed by atoms with Gasteiger partial charge in [0.1, 0.15) is 0 Å². The lowest BCUT2D eigenvalue weighted by molar-refractivity contribution is -0.123. The summed E-state index contributed by atoms with van der Waals surface area (Å²) in [6, 6.07) is 5.83. The minimum absolute atomic E-state index is 0.0951. The van der Waals surface area contributed by atoms with Crippen molar-refractivity contribution in [1.29, 1.82) is 0 Å². The number of piperazine rings is 2. The van der Waals surface area contributed by atoms with Gasteiger partial charge in [0, 0.05) is 118 Å². The monoisotopic (exact) mass is 743 g/mol. The largest absolute Gasteiger partial charge is 0.356 e. The smallest absolute Gasteiger partial charge is 0.261 e. The maximum atomic E-state index is 13.8. The zero-order valence-corrected chi connectivity index (χ0v) is 31.2. The van der Waals surface area contributed by atoms with Crippen LogP contribution in [0.1, 0.15) is 80.0 Å². The van der Waals surface area contributed by atoms with E-state index in [4.69, 9.17) is 5.73 Å². The van der Waals surface area contributed by atoms with Crippen LogP contribution in [0.15, 0.2) is 24.3 Å². The molecule has 1 atom stereocenters. The van der Waals surface area contributed by atoms with Crippen molar-refractivity contribution in [2.45, 2.75) is 44.6 Å². The molecular weight excluding hydrogens is 690 g/mol. The molecule has 14 aliphatic heterocycles. The number of hydrogen-bond acceptors (Lipinski definition) is 11. The molecule has 6 amide bonds. The first kappa shape index (κ1) is 38.0. The SMILES string of the molecule is N[C@@H]1CCC(=O)NCCCN2CCN(CCCN3C(=O)c4ccc5c6c(ccc(c46)C3=O)C(=O)N(CCCN3CCN(CCCNC1=O)CC3)C5=O)CC2. The molecule has 12 bridgehead atoms. The molecular formula is C39H53N9O6. The molecule has 14 heterocycles. The second-order valence-corrected chi connectivity index (χ2v) is 15.2. The third-order valence-corrected chi connectivity index (χ3v) is 11.6. The Kier molecular flexibility index (Phi) is 12.0. The summed E-state index contributed by atoms with van der Waals surface area (Å²) >= 11 is 0. The van der Waals surface area contributed by atoms with Crippen molar-refractivity contribution in [3.05, 3.63) is 46.5 Å². The van der Waals surface area contributed by atoms with Crippen molar-refractivity contribution in [3.63, 3.8) is 0 Å². The molecule has 0 aromatic heterocycles. The molecule has 0 unspecified atom stereocenters. The zero-order valence-electron chi connectivity index (χ0n) is 31.2. The third kappa shape index (κ3) is 8.20. The quantitative estimate of drug-likeness (QED) is 0.315. The number of nitrogens with two attached hydrogens (primary N) is 1. The number of carbonyl (C=O) groups is 6. The van der Waals surface area contributed by atoms with Gasteiger partial charge in [-0.3, -0.25) is 38.6 Å². The van der Waals surface area contributed by atoms with E-state index in [-0.39, 0.29) is 31.3 Å². The molecule has 0 aliphatic carbocycles. The fourth-order valence-corrected chi connectivity index (χ4v) is 8.44. The highest BCUT2D eigenvalue weighted by atomic mass is 16.2. The highest BCUT2D eigenvalue weighted by Crippen LogP contribution is 2.38. The van der Waals surface area contributed by atoms with E-state index in [9.17, 15) is 28.8 Å². The van der Waals surface area contributed by atoms with Crippen LogP contribution < -0.4 is 16.4 Å². The Labute approximate surface area is 316 Å². The Morgan fingerprint density at radius 3 is 1.20 bits per heavy atom. The first-order valence-corrected chi connectivity index (χ1v) is 19.7. The van der Waals surface area contributed by atoms with Crippen LogP contribution >= 0.6 is 0 Å². The average molecular weight is 744 g/mol. The lowest BCUT2D eigenvalue weighted by Gasteiger charge is -2.36. The summed E-state index contributed by atoms with van der Waals surface area (Å²) < 4.78 is 0. The summed E-state index contributed by atoms with van der Waals surface area (Å²) in [5, 5.41) is 6.69. The lowest BCUT2D eigenvalue weighted by atomic mass is 9.86. The third-order valence-electron chi connectivity index (χ3n) is 11.6. The molecule has 0 saturated carbocycles. The summed E-state index contributed by atoms with van der Waals surface area (Å²) in [6.45, 7) is 11.9. The summed E-state index contributed by atoms with van der Waals surface area (Å²) in [7, 11) is 0. The number of hydrogen-bond donors (Lipinski definition) is 3. The molecule has 2 fully saturated rings. The normalized spacial score (nSPS) is 28.6. The zero-order chi connectivity index (χ0) is 37.8. The van der Waals surface area contributed by atoms with Gasteiger partial charge in [-0.15, -0.1) is 0 Å². The number of nitrogens with one attached hydrogen (secondary N) is 2. The number of fused-ring (bicyclic) bond motifs is 1. The molecule has 15 heteroatoms. The number of benzene rings is 2. The molecule has 2 aromatic rings. The summed E-state index contributed by atoms with van der Waals surface area (Å²) in [6.07, 6.45) is 3.38. The first-order valence-electron chi connectivity index (χ1n) is 19.7. The Bertz CT molecular complexity index is 1710. The van der Waals surface area contributed by atoms with Crippen LogP contribution in [0.3, 0.4) is 0 Å². The van der Waals surface area contributed by atoms with Gasteiger partial charge in [-0.2, -0.15) is 0 Å². The standard InChI is InChI=1S/C39H53N9O6/c40-31-9-10-32(49)41-11-1-13-43-19-23-45(24-20-43)15-3-17-47-36(51)27-5-7-29-34-30(8-6-28(33(27)34)37(47)52)39(54)48(38(29)53)18-4-16-46-25-21-44(22-26-46)14-2-12-42-35(31)50/h5-8,31H,1-4,9-26,40H2,(H,41,49)(H,42,50)/t31-/m1/s1. The molecule has 16 rings (SSSR count). The van der Waals surface area contributed by atoms with Gasteiger partial charge in [-0.1, -0.05) is 0 Å². The van der Waals surface area contributed by atoms with Gasteiger partial charge in [-0.05, 0) is 82.5 Å². The minimum atomic E-state index is -0.723. The van der Waals surface area contributed by atoms with Crippen molar-refractivity contribution in [3.8, 4) is 0 Å². The topological polar surface area (TPSA) is 172 Å². The molecule has 0 radical (unpaired) electrons. The van der Waals surface area contributed by atoms with Crippen LogP contribution in [0.25, 0.3) is 10.8 Å². The molecule has 2 aromatic carbocycles. The number of imide groups is 2. The summed E-state index contributed by atoms with van der Waals surface area (Å²) in [5.74, 6) is -1.90. The predicted octanol–water partition coefficient (Wildman–Crippen LogP) is 0.181. The fourth-order valence-electron chi connectivity index (χ4n) is 8.44. The van der Waals surface area contributed by atoms with Crippen LogP contribution in [0.2, 0.25) is 0 Å². The Hall–Kier alpha value is -4.28. The molecule has 290 valence electrons. The van der Waals surface area contributed by atoms with E-state index >= 15 is 0 Å². The van der Waals surface area contributed by atoms with E-state index in [1.54, 1.807) is 24.3 Å². The van der Waals surface area contributed by atoms with Crippen LogP contribution in [0.5, 0.6) is 0 Å². The number of rotatable bonds is 0. The van der Waals surface area contributed by atoms with Gasteiger partial charge >= 0.3 is 0 Å². The highest BCUT2D eigenvalue weighted by molar-refractivity contribution is 6.33. The van der Waals surface area contributed by atoms with Gasteiger partial charge in [0.15, 0.2) is 0 Å². The van der Waals surface area contributed by atoms with Crippen LogP contribution in [0, 0.1) is 0 Å². The number of amides is 6. The molecule has 15 nitrogen and oxygen atoms in total. The Balaban J connectivity index is 1.01. The van der Waals surface area contributed by atoms with Crippen molar-refractivity contribution in [2.24, 2.45) is 5.73 Å². The van der Waals surface area contributed by atoms with Gasteiger partial charge < -0.3 is 36.0 Å². The van der Waals surface area contributed by atoms with E-state index in [1.165, 1.54) is 9.80 Å². The van der Waals surface area contributed by atoms with E-state index in [2.05, 4.69) is 30.2 Å². The average Bonchev–Trinajstić information content (AvgIpc) is 3.18. The lowest BCUT2D eigenvalue weighted by Crippen LogP contribution is -2.48. The van der Waals surface area contributed by atoms with Crippen molar-refractivity contribution in [2.75, 3.05) is 105 Å². The van der Waals surface area contributed by atoms with Crippen molar-refractivity contribution in [1.82, 2.24) is 40.0 Å². The van der Waals surface area contributed by atoms with E-state index in [1.807, 2.05) is 0 Å². The molecule has 14 aliphatic rings. The molecule has 54 heavy (non-hydrogen) atoms. The van der Waals surface area contributed by atoms with Gasteiger partial charge in [0.25, 0.3) is 23.6 Å². The Morgan fingerprint density at radius 2 is 0.815 bits per heavy atom. The summed E-state index contributed by atoms with van der Waals surface area (Å²) in [4.78, 5) is 92.0.